The van der Waals surface area contributed by atoms with Gasteiger partial charge in [0.15, 0.2) is 0 Å². The molecule has 3 rings (SSSR count). The fourth-order valence-electron chi connectivity index (χ4n) is 1.98. The van der Waals surface area contributed by atoms with E-state index in [0.29, 0.717) is 0 Å². The Bertz CT molecular complexity index is 713. The van der Waals surface area contributed by atoms with Crippen molar-refractivity contribution >= 4 is 22.6 Å². The topological polar surface area (TPSA) is 43.6 Å². The third kappa shape index (κ3) is 1.84. The lowest BCUT2D eigenvalue weighted by Gasteiger charge is -2.03. The highest BCUT2D eigenvalue weighted by Crippen LogP contribution is 2.23. The summed E-state index contributed by atoms with van der Waals surface area (Å²) in [6.07, 6.45) is 1.80. The Balaban J connectivity index is 2.18. The molecule has 2 heterocycles. The summed E-state index contributed by atoms with van der Waals surface area (Å²) in [4.78, 5) is 12.6. The van der Waals surface area contributed by atoms with E-state index in [0.717, 1.165) is 28.0 Å². The van der Waals surface area contributed by atoms with Crippen LogP contribution in [0.3, 0.4) is 0 Å². The molecule has 4 nitrogen and oxygen atoms in total. The molecule has 5 heteroatoms. The molecular formula is C13H11ClN4. The van der Waals surface area contributed by atoms with Gasteiger partial charge in [-0.3, -0.25) is 0 Å². The number of rotatable bonds is 1. The number of aryl methyl sites for hydroxylation is 2. The van der Waals surface area contributed by atoms with Gasteiger partial charge >= 0.3 is 0 Å². The molecule has 90 valence electrons. The number of benzene rings is 1. The predicted octanol–water partition coefficient (Wildman–Crippen LogP) is 2.99. The van der Waals surface area contributed by atoms with E-state index in [9.17, 15) is 0 Å². The van der Waals surface area contributed by atoms with Crippen LogP contribution in [0.1, 0.15) is 5.69 Å². The van der Waals surface area contributed by atoms with Gasteiger partial charge in [-0.05, 0) is 36.7 Å². The Kier molecular flexibility index (Phi) is 2.52. The Hall–Kier alpha value is -1.94. The van der Waals surface area contributed by atoms with E-state index in [1.807, 2.05) is 42.8 Å². The molecule has 0 saturated carbocycles. The van der Waals surface area contributed by atoms with Crippen molar-refractivity contribution in [3.63, 3.8) is 0 Å². The highest BCUT2D eigenvalue weighted by Gasteiger charge is 2.06. The van der Waals surface area contributed by atoms with Crippen LogP contribution in [-0.4, -0.2) is 19.5 Å². The molecule has 0 aliphatic heterocycles. The fourth-order valence-corrected chi connectivity index (χ4v) is 2.20. The minimum Gasteiger partial charge on any atom is -0.334 e. The van der Waals surface area contributed by atoms with Crippen LogP contribution in [-0.2, 0) is 7.05 Å². The second-order valence-corrected chi connectivity index (χ2v) is 4.56. The van der Waals surface area contributed by atoms with Gasteiger partial charge in [0.05, 0.1) is 23.1 Å². The molecule has 0 aliphatic rings. The first-order valence-electron chi connectivity index (χ1n) is 5.56. The average Bonchev–Trinajstić information content (AvgIpc) is 2.69. The van der Waals surface area contributed by atoms with Crippen LogP contribution < -0.4 is 0 Å². The molecule has 2 aromatic heterocycles. The van der Waals surface area contributed by atoms with Crippen LogP contribution >= 0.6 is 11.6 Å². The largest absolute Gasteiger partial charge is 0.334 e. The molecule has 0 radical (unpaired) electrons. The molecule has 0 aliphatic carbocycles. The van der Waals surface area contributed by atoms with E-state index in [-0.39, 0.29) is 5.28 Å². The Labute approximate surface area is 109 Å². The maximum absolute atomic E-state index is 5.88. The fraction of sp³-hybridized carbons (Fsp3) is 0.154. The van der Waals surface area contributed by atoms with Crippen molar-refractivity contribution in [2.24, 2.45) is 7.05 Å². The molecule has 3 aromatic rings. The van der Waals surface area contributed by atoms with Crippen LogP contribution in [0.15, 0.2) is 30.6 Å². The second kappa shape index (κ2) is 4.07. The zero-order valence-corrected chi connectivity index (χ0v) is 10.8. The van der Waals surface area contributed by atoms with Gasteiger partial charge in [0, 0.05) is 18.3 Å². The lowest BCUT2D eigenvalue weighted by Crippen LogP contribution is -1.91. The molecule has 0 atom stereocenters. The first-order valence-corrected chi connectivity index (χ1v) is 5.94. The quantitative estimate of drug-likeness (QED) is 0.630. The van der Waals surface area contributed by atoms with Crippen LogP contribution in [0.4, 0.5) is 0 Å². The smallest absolute Gasteiger partial charge is 0.223 e. The van der Waals surface area contributed by atoms with Crippen molar-refractivity contribution in [3.05, 3.63) is 41.6 Å². The van der Waals surface area contributed by atoms with Gasteiger partial charge in [0.2, 0.25) is 5.28 Å². The number of imidazole rings is 1. The summed E-state index contributed by atoms with van der Waals surface area (Å²) < 4.78 is 1.98. The number of aromatic nitrogens is 4. The average molecular weight is 259 g/mol. The number of nitrogens with zero attached hydrogens (tertiary/aromatic N) is 4. The summed E-state index contributed by atoms with van der Waals surface area (Å²) in [5, 5.41) is 0.270. The maximum atomic E-state index is 5.88. The van der Waals surface area contributed by atoms with E-state index in [1.54, 1.807) is 6.33 Å². The lowest BCUT2D eigenvalue weighted by atomic mass is 10.1. The molecule has 1 aromatic carbocycles. The van der Waals surface area contributed by atoms with Gasteiger partial charge in [0.1, 0.15) is 0 Å². The van der Waals surface area contributed by atoms with Crippen molar-refractivity contribution in [2.45, 2.75) is 6.92 Å². The molecule has 0 unspecified atom stereocenters. The Morgan fingerprint density at radius 3 is 2.78 bits per heavy atom. The molecule has 18 heavy (non-hydrogen) atoms. The first-order chi connectivity index (χ1) is 8.63. The summed E-state index contributed by atoms with van der Waals surface area (Å²) in [6.45, 7) is 1.90. The van der Waals surface area contributed by atoms with Crippen LogP contribution in [0.5, 0.6) is 0 Å². The van der Waals surface area contributed by atoms with E-state index in [4.69, 9.17) is 11.6 Å². The second-order valence-electron chi connectivity index (χ2n) is 4.22. The maximum Gasteiger partial charge on any atom is 0.223 e. The zero-order chi connectivity index (χ0) is 12.7. The summed E-state index contributed by atoms with van der Waals surface area (Å²) in [6, 6.07) is 7.97. The molecule has 0 bridgehead atoms. The van der Waals surface area contributed by atoms with Crippen LogP contribution in [0.25, 0.3) is 22.3 Å². The Morgan fingerprint density at radius 1 is 1.17 bits per heavy atom. The monoisotopic (exact) mass is 258 g/mol. The van der Waals surface area contributed by atoms with Gasteiger partial charge in [-0.25, -0.2) is 15.0 Å². The van der Waals surface area contributed by atoms with Crippen molar-refractivity contribution < 1.29 is 0 Å². The SMILES string of the molecule is Cc1cc(-c2ccc3c(c2)ncn3C)nc(Cl)n1. The normalized spacial score (nSPS) is 11.1. The van der Waals surface area contributed by atoms with E-state index in [1.165, 1.54) is 0 Å². The van der Waals surface area contributed by atoms with Crippen LogP contribution in [0, 0.1) is 6.92 Å². The molecular weight excluding hydrogens is 248 g/mol. The molecule has 0 N–H and O–H groups in total. The lowest BCUT2D eigenvalue weighted by molar-refractivity contribution is 0.948. The van der Waals surface area contributed by atoms with Crippen molar-refractivity contribution in [3.8, 4) is 11.3 Å². The summed E-state index contributed by atoms with van der Waals surface area (Å²) in [5.41, 5.74) is 4.71. The number of hydrogen-bond acceptors (Lipinski definition) is 3. The van der Waals surface area contributed by atoms with Crippen LogP contribution in [0.2, 0.25) is 5.28 Å². The van der Waals surface area contributed by atoms with Crippen molar-refractivity contribution in [2.75, 3.05) is 0 Å². The molecule has 0 fully saturated rings. The van der Waals surface area contributed by atoms with Gasteiger partial charge in [-0.15, -0.1) is 0 Å². The Morgan fingerprint density at radius 2 is 2.00 bits per heavy atom. The van der Waals surface area contributed by atoms with E-state index >= 15 is 0 Å². The molecule has 0 spiro atoms. The van der Waals surface area contributed by atoms with Gasteiger partial charge in [-0.1, -0.05) is 6.07 Å². The number of halogens is 1. The minimum absolute atomic E-state index is 0.270. The third-order valence-corrected chi connectivity index (χ3v) is 3.02. The van der Waals surface area contributed by atoms with Gasteiger partial charge in [0.25, 0.3) is 0 Å². The molecule has 0 saturated heterocycles. The molecule has 0 amide bonds. The minimum atomic E-state index is 0.270. The number of hydrogen-bond donors (Lipinski definition) is 0. The first kappa shape index (κ1) is 11.2. The summed E-state index contributed by atoms with van der Waals surface area (Å²) in [5.74, 6) is 0. The van der Waals surface area contributed by atoms with Gasteiger partial charge in [-0.2, -0.15) is 0 Å². The van der Waals surface area contributed by atoms with E-state index in [2.05, 4.69) is 15.0 Å². The van der Waals surface area contributed by atoms with E-state index < -0.39 is 0 Å². The summed E-state index contributed by atoms with van der Waals surface area (Å²) in [7, 11) is 1.97. The highest BCUT2D eigenvalue weighted by atomic mass is 35.5. The summed E-state index contributed by atoms with van der Waals surface area (Å²) >= 11 is 5.88. The zero-order valence-electron chi connectivity index (χ0n) is 10.1. The third-order valence-electron chi connectivity index (χ3n) is 2.85. The highest BCUT2D eigenvalue weighted by molar-refractivity contribution is 6.28. The standard InChI is InChI=1S/C13H11ClN4/c1-8-5-10(17-13(14)16-8)9-3-4-12-11(6-9)15-7-18(12)2/h3-7H,1-2H3. The van der Waals surface area contributed by atoms with Gasteiger partial charge < -0.3 is 4.57 Å². The number of fused-ring (bicyclic) bond motifs is 1. The van der Waals surface area contributed by atoms with Crippen molar-refractivity contribution in [1.82, 2.24) is 19.5 Å². The predicted molar refractivity (Wildman–Crippen MR) is 71.5 cm³/mol. The van der Waals surface area contributed by atoms with Crippen molar-refractivity contribution in [1.29, 1.82) is 0 Å².